The van der Waals surface area contributed by atoms with Crippen LogP contribution in [0.2, 0.25) is 0 Å². The topological polar surface area (TPSA) is 125 Å². The van der Waals surface area contributed by atoms with Crippen LogP contribution in [0.4, 0.5) is 11.4 Å². The first kappa shape index (κ1) is 28.3. The summed E-state index contributed by atoms with van der Waals surface area (Å²) in [5, 5.41) is 18.5. The fraction of sp³-hybridized carbons (Fsp3) is 0.355. The maximum absolute atomic E-state index is 12.3. The third kappa shape index (κ3) is 4.62. The third-order valence-corrected chi connectivity index (χ3v) is 8.03. The van der Waals surface area contributed by atoms with Crippen LogP contribution in [0, 0.1) is 0 Å². The minimum absolute atomic E-state index is 0.0817. The molecule has 4 aromatic rings. The Morgan fingerprint density at radius 1 is 0.902 bits per heavy atom. The first-order valence-corrected chi connectivity index (χ1v) is 13.4. The van der Waals surface area contributed by atoms with E-state index in [1.165, 1.54) is 0 Å². The van der Waals surface area contributed by atoms with Crippen molar-refractivity contribution in [1.82, 2.24) is 14.5 Å². The summed E-state index contributed by atoms with van der Waals surface area (Å²) in [5.41, 5.74) is 5.27. The number of likely N-dealkylation sites (N-methyl/N-ethyl adjacent to an activating group) is 2. The summed E-state index contributed by atoms with van der Waals surface area (Å²) in [6.45, 7) is 9.20. The molecular formula is C31H35N5O5. The molecule has 2 amide bonds. The quantitative estimate of drug-likeness (QED) is 0.384. The summed E-state index contributed by atoms with van der Waals surface area (Å²) in [6, 6.07) is 11.7. The Balaban J connectivity index is 0.000000165. The van der Waals surface area contributed by atoms with E-state index >= 15 is 0 Å². The molecule has 0 radical (unpaired) electrons. The van der Waals surface area contributed by atoms with Gasteiger partial charge in [-0.3, -0.25) is 9.59 Å². The third-order valence-electron chi connectivity index (χ3n) is 8.03. The maximum atomic E-state index is 12.3. The number of imidazole rings is 1. The van der Waals surface area contributed by atoms with Crippen molar-refractivity contribution in [3.63, 3.8) is 0 Å². The van der Waals surface area contributed by atoms with Gasteiger partial charge in [-0.25, -0.2) is 9.97 Å². The molecule has 0 aliphatic carbocycles. The molecular weight excluding hydrogens is 522 g/mol. The van der Waals surface area contributed by atoms with Crippen molar-refractivity contribution in [2.75, 3.05) is 23.9 Å². The number of aliphatic hydroxyl groups excluding tert-OH is 2. The van der Waals surface area contributed by atoms with Gasteiger partial charge in [0, 0.05) is 42.9 Å². The van der Waals surface area contributed by atoms with Crippen LogP contribution in [0.25, 0.3) is 17.0 Å². The molecule has 4 heterocycles. The number of carbonyl (C=O) groups is 2. The van der Waals surface area contributed by atoms with Gasteiger partial charge in [0.25, 0.3) is 0 Å². The fourth-order valence-corrected chi connectivity index (χ4v) is 5.48. The normalized spacial score (nSPS) is 17.3. The Morgan fingerprint density at radius 2 is 1.49 bits per heavy atom. The number of benzene rings is 2. The molecule has 10 heteroatoms. The first-order valence-electron chi connectivity index (χ1n) is 13.4. The average molecular weight is 558 g/mol. The summed E-state index contributed by atoms with van der Waals surface area (Å²) < 4.78 is 7.28. The molecule has 2 aliphatic heterocycles. The second-order valence-electron chi connectivity index (χ2n) is 11.6. The molecule has 2 N–H and O–H groups in total. The second kappa shape index (κ2) is 9.97. The molecule has 2 aromatic carbocycles. The lowest BCUT2D eigenvalue weighted by atomic mass is 9.86. The lowest BCUT2D eigenvalue weighted by Gasteiger charge is -2.16. The van der Waals surface area contributed by atoms with Gasteiger partial charge in [0.05, 0.1) is 35.2 Å². The summed E-state index contributed by atoms with van der Waals surface area (Å²) in [4.78, 5) is 36.1. The Hall–Kier alpha value is -4.28. The SMILES string of the molecule is CC(O)c1cn(-c2ccc3c(c2)N(C)C(=O)C3(C)C)cn1.CN1C(=O)C(C)(C)c2ccc(-c3cnc(CO)o3)cc21. The van der Waals surface area contributed by atoms with E-state index in [1.54, 1.807) is 49.5 Å². The molecule has 1 unspecified atom stereocenters. The number of fused-ring (bicyclic) bond motifs is 2. The largest absolute Gasteiger partial charge is 0.438 e. The van der Waals surface area contributed by atoms with Crippen molar-refractivity contribution < 1.29 is 24.2 Å². The van der Waals surface area contributed by atoms with Gasteiger partial charge in [0.2, 0.25) is 17.7 Å². The summed E-state index contributed by atoms with van der Waals surface area (Å²) >= 11 is 0. The van der Waals surface area contributed by atoms with Crippen LogP contribution in [0.15, 0.2) is 59.5 Å². The Kier molecular flexibility index (Phi) is 6.87. The number of anilines is 2. The predicted octanol–water partition coefficient (Wildman–Crippen LogP) is 4.27. The number of nitrogens with zero attached hydrogens (tertiary/aromatic N) is 5. The molecule has 0 spiro atoms. The number of rotatable bonds is 4. The van der Waals surface area contributed by atoms with Gasteiger partial charge in [-0.05, 0) is 63.9 Å². The fourth-order valence-electron chi connectivity index (χ4n) is 5.48. The molecule has 2 aliphatic rings. The lowest BCUT2D eigenvalue weighted by Crippen LogP contribution is -2.33. The van der Waals surface area contributed by atoms with E-state index in [9.17, 15) is 14.7 Å². The second-order valence-corrected chi connectivity index (χ2v) is 11.6. The molecule has 41 heavy (non-hydrogen) atoms. The molecule has 0 saturated heterocycles. The molecule has 1 atom stereocenters. The number of aliphatic hydroxyl groups is 2. The van der Waals surface area contributed by atoms with Gasteiger partial charge in [-0.15, -0.1) is 0 Å². The van der Waals surface area contributed by atoms with Crippen molar-refractivity contribution in [1.29, 1.82) is 0 Å². The highest BCUT2D eigenvalue weighted by molar-refractivity contribution is 6.08. The molecule has 0 saturated carbocycles. The zero-order chi connectivity index (χ0) is 29.9. The van der Waals surface area contributed by atoms with E-state index in [1.807, 2.05) is 68.7 Å². The number of hydrogen-bond acceptors (Lipinski definition) is 7. The van der Waals surface area contributed by atoms with Crippen LogP contribution in [0.5, 0.6) is 0 Å². The van der Waals surface area contributed by atoms with E-state index in [2.05, 4.69) is 9.97 Å². The molecule has 10 nitrogen and oxygen atoms in total. The molecule has 0 fully saturated rings. The van der Waals surface area contributed by atoms with E-state index in [-0.39, 0.29) is 24.3 Å². The van der Waals surface area contributed by atoms with Crippen molar-refractivity contribution in [3.8, 4) is 17.0 Å². The Bertz CT molecular complexity index is 1650. The monoisotopic (exact) mass is 557 g/mol. The number of carbonyl (C=O) groups excluding carboxylic acids is 2. The maximum Gasteiger partial charge on any atom is 0.236 e. The summed E-state index contributed by atoms with van der Waals surface area (Å²) in [5.74, 6) is 1.05. The van der Waals surface area contributed by atoms with Crippen molar-refractivity contribution in [2.24, 2.45) is 0 Å². The Labute approximate surface area is 238 Å². The predicted molar refractivity (Wildman–Crippen MR) is 155 cm³/mol. The van der Waals surface area contributed by atoms with E-state index < -0.39 is 16.9 Å². The van der Waals surface area contributed by atoms with Gasteiger partial charge < -0.3 is 29.0 Å². The van der Waals surface area contributed by atoms with Crippen LogP contribution < -0.4 is 9.80 Å². The minimum atomic E-state index is -0.594. The van der Waals surface area contributed by atoms with Gasteiger partial charge in [-0.2, -0.15) is 0 Å². The van der Waals surface area contributed by atoms with Gasteiger partial charge in [0.15, 0.2) is 5.76 Å². The Morgan fingerprint density at radius 3 is 2.02 bits per heavy atom. The molecule has 2 aromatic heterocycles. The summed E-state index contributed by atoms with van der Waals surface area (Å²) in [7, 11) is 3.58. The van der Waals surface area contributed by atoms with E-state index in [0.29, 0.717) is 11.5 Å². The minimum Gasteiger partial charge on any atom is -0.438 e. The van der Waals surface area contributed by atoms with E-state index in [4.69, 9.17) is 9.52 Å². The van der Waals surface area contributed by atoms with Gasteiger partial charge >= 0.3 is 0 Å². The molecule has 0 bridgehead atoms. The van der Waals surface area contributed by atoms with Crippen LogP contribution in [0.3, 0.4) is 0 Å². The number of oxazole rings is 1. The average Bonchev–Trinajstić information content (AvgIpc) is 3.71. The highest BCUT2D eigenvalue weighted by Crippen LogP contribution is 2.43. The number of amides is 2. The highest BCUT2D eigenvalue weighted by atomic mass is 16.4. The van der Waals surface area contributed by atoms with Gasteiger partial charge in [-0.1, -0.05) is 18.2 Å². The smallest absolute Gasteiger partial charge is 0.236 e. The highest BCUT2D eigenvalue weighted by Gasteiger charge is 2.43. The van der Waals surface area contributed by atoms with Gasteiger partial charge in [0.1, 0.15) is 6.61 Å². The number of aromatic nitrogens is 3. The van der Waals surface area contributed by atoms with Crippen LogP contribution in [-0.2, 0) is 27.0 Å². The van der Waals surface area contributed by atoms with Crippen molar-refractivity contribution in [2.45, 2.75) is 58.2 Å². The summed E-state index contributed by atoms with van der Waals surface area (Å²) in [6.07, 6.45) is 4.46. The van der Waals surface area contributed by atoms with Crippen LogP contribution >= 0.6 is 0 Å². The zero-order valence-corrected chi connectivity index (χ0v) is 24.3. The van der Waals surface area contributed by atoms with E-state index in [0.717, 1.165) is 33.8 Å². The van der Waals surface area contributed by atoms with Crippen LogP contribution in [0.1, 0.15) is 63.4 Å². The standard InChI is InChI=1S/C16H19N3O2.C15H16N2O3/c1-10(20)13-8-19(9-17-13)11-5-6-12-14(7-11)18(4)15(21)16(12,2)3;1-15(2)10-5-4-9(6-11(10)17(3)14(15)19)12-7-16-13(8-18)20-12/h5-10,20H,1-4H3;4-7,18H,8H2,1-3H3. The zero-order valence-electron chi connectivity index (χ0n) is 24.3. The molecule has 6 rings (SSSR count). The van der Waals surface area contributed by atoms with Crippen molar-refractivity contribution in [3.05, 3.63) is 77.8 Å². The van der Waals surface area contributed by atoms with Crippen molar-refractivity contribution >= 4 is 23.2 Å². The van der Waals surface area contributed by atoms with Crippen LogP contribution in [-0.4, -0.2) is 50.7 Å². The lowest BCUT2D eigenvalue weighted by molar-refractivity contribution is -0.122. The molecule has 214 valence electrons. The number of hydrogen-bond donors (Lipinski definition) is 2. The first-order chi connectivity index (χ1) is 19.3.